The van der Waals surface area contributed by atoms with Crippen LogP contribution in [0.2, 0.25) is 0 Å². The molecule has 14 nitrogen and oxygen atoms in total. The lowest BCUT2D eigenvalue weighted by molar-refractivity contribution is -0.133. The molecule has 4 aliphatic heterocycles. The van der Waals surface area contributed by atoms with Gasteiger partial charge in [-0.05, 0) is 91.4 Å². The Morgan fingerprint density at radius 2 is 1.70 bits per heavy atom. The molecule has 1 unspecified atom stereocenters. The molecule has 5 amide bonds. The van der Waals surface area contributed by atoms with Gasteiger partial charge in [0.2, 0.25) is 24.6 Å². The number of nitrogens with one attached hydrogen (secondary N) is 3. The predicted octanol–water partition coefficient (Wildman–Crippen LogP) is 6.15. The normalized spacial score (nSPS) is 16.9. The van der Waals surface area contributed by atoms with Crippen molar-refractivity contribution in [3.63, 3.8) is 0 Å². The molecule has 0 saturated carbocycles. The fourth-order valence-electron chi connectivity index (χ4n) is 8.93. The van der Waals surface area contributed by atoms with E-state index in [1.807, 2.05) is 52.1 Å². The summed E-state index contributed by atoms with van der Waals surface area (Å²) in [7, 11) is 1.61. The number of carbonyl (C=O) groups excluding carboxylic acids is 6. The maximum absolute atomic E-state index is 14.5. The van der Waals surface area contributed by atoms with Gasteiger partial charge in [-0.1, -0.05) is 19.9 Å². The van der Waals surface area contributed by atoms with Crippen LogP contribution in [0.3, 0.4) is 0 Å². The Hall–Kier alpha value is -5.81. The lowest BCUT2D eigenvalue weighted by Gasteiger charge is -2.39. The standard InChI is InChI=1S/C45H52F2N8O6S.C2H6/c1-28(7-8-41(59)49-26-57)51(2)45(61)34-19-31-22-53(21-30(31)17-32(34)25-56)24-42(60)54-14-9-33(10-15-54)50-38-11-13-52(27-58)23-37(38)44(48)55-12-3-5-29-18-35(40-6-4-16-62-40)36(43(46)47)20-39(29)55;1-2/h4,6,16-20,25-28,33,43,48,50H,3,5,7-15,21-24H2,1-2H3,(H,49,57,59);1-2H3. The van der Waals surface area contributed by atoms with Crippen molar-refractivity contribution in [1.82, 2.24) is 30.2 Å². The molecule has 7 rings (SSSR count). The van der Waals surface area contributed by atoms with E-state index in [0.717, 1.165) is 40.1 Å². The van der Waals surface area contributed by atoms with Crippen molar-refractivity contribution in [2.75, 3.05) is 51.2 Å². The fraction of sp³-hybridized carbons (Fsp3) is 0.468. The van der Waals surface area contributed by atoms with E-state index in [0.29, 0.717) is 101 Å². The molecule has 5 heterocycles. The number of thiophene rings is 1. The van der Waals surface area contributed by atoms with Crippen LogP contribution in [0.1, 0.15) is 109 Å². The molecule has 17 heteroatoms. The first kappa shape index (κ1) is 47.7. The molecule has 64 heavy (non-hydrogen) atoms. The minimum atomic E-state index is -2.69. The Kier molecular flexibility index (Phi) is 16.2. The average molecular weight is 901 g/mol. The summed E-state index contributed by atoms with van der Waals surface area (Å²) >= 11 is 1.42. The van der Waals surface area contributed by atoms with Gasteiger partial charge in [-0.25, -0.2) is 8.78 Å². The highest BCUT2D eigenvalue weighted by Gasteiger charge is 2.33. The average Bonchev–Trinajstić information content (AvgIpc) is 4.00. The SMILES string of the molecule is CC.CC(CCC(=O)NC=O)N(C)C(=O)c1cc2c(cc1C=O)CN(CC(=O)N1CCC(NC3=C(C(=N)N4CCCc5cc(-c6cccs6)c(C(F)F)cc54)CN(C=O)CC3)CC1)C2. The molecule has 4 aliphatic rings. The lowest BCUT2D eigenvalue weighted by atomic mass is 9.93. The van der Waals surface area contributed by atoms with E-state index in [9.17, 15) is 43.0 Å². The summed E-state index contributed by atoms with van der Waals surface area (Å²) in [6.45, 7) is 9.10. The van der Waals surface area contributed by atoms with E-state index in [1.165, 1.54) is 16.2 Å². The van der Waals surface area contributed by atoms with Gasteiger partial charge >= 0.3 is 0 Å². The number of alkyl halides is 2. The quantitative estimate of drug-likeness (QED) is 0.0922. The van der Waals surface area contributed by atoms with Gasteiger partial charge in [0.25, 0.3) is 12.3 Å². The number of piperidine rings is 1. The van der Waals surface area contributed by atoms with Gasteiger partial charge in [-0.15, -0.1) is 11.3 Å². The summed E-state index contributed by atoms with van der Waals surface area (Å²) in [5.74, 6) is -0.625. The summed E-state index contributed by atoms with van der Waals surface area (Å²) in [5, 5.41) is 17.1. The minimum absolute atomic E-state index is 0.0227. The van der Waals surface area contributed by atoms with Crippen molar-refractivity contribution < 1.29 is 37.5 Å². The summed E-state index contributed by atoms with van der Waals surface area (Å²) in [5.41, 5.74) is 5.75. The van der Waals surface area contributed by atoms with Crippen LogP contribution in [0.4, 0.5) is 14.5 Å². The number of carbonyl (C=O) groups is 6. The molecule has 3 N–H and O–H groups in total. The number of likely N-dealkylation sites (tertiary alicyclic amines) is 1. The van der Waals surface area contributed by atoms with E-state index in [-0.39, 0.29) is 65.9 Å². The van der Waals surface area contributed by atoms with Crippen LogP contribution in [0, 0.1) is 5.41 Å². The van der Waals surface area contributed by atoms with E-state index >= 15 is 0 Å². The third-order valence-corrected chi connectivity index (χ3v) is 13.5. The molecular weight excluding hydrogens is 843 g/mol. The second-order valence-corrected chi connectivity index (χ2v) is 17.4. The Bertz CT molecular complexity index is 2260. The summed E-state index contributed by atoms with van der Waals surface area (Å²) in [6.07, 6.45) is 2.79. The third-order valence-electron chi connectivity index (χ3n) is 12.6. The molecule has 3 aromatic rings. The minimum Gasteiger partial charge on any atom is -0.385 e. The molecule has 0 spiro atoms. The number of aldehydes is 1. The van der Waals surface area contributed by atoms with Crippen molar-refractivity contribution in [3.05, 3.63) is 86.4 Å². The van der Waals surface area contributed by atoms with Gasteiger partial charge in [0.1, 0.15) is 5.84 Å². The topological polar surface area (TPSA) is 167 Å². The zero-order valence-electron chi connectivity index (χ0n) is 37.0. The summed E-state index contributed by atoms with van der Waals surface area (Å²) in [4.78, 5) is 83.0. The summed E-state index contributed by atoms with van der Waals surface area (Å²) < 4.78 is 29.0. The second-order valence-electron chi connectivity index (χ2n) is 16.5. The number of aryl methyl sites for hydroxylation is 1. The van der Waals surface area contributed by atoms with Gasteiger partial charge in [0.05, 0.1) is 18.7 Å². The largest absolute Gasteiger partial charge is 0.385 e. The number of anilines is 1. The monoisotopic (exact) mass is 900 g/mol. The molecular formula is C47H58F2N8O6S. The molecule has 0 bridgehead atoms. The van der Waals surface area contributed by atoms with Crippen molar-refractivity contribution in [3.8, 4) is 10.4 Å². The van der Waals surface area contributed by atoms with Crippen LogP contribution >= 0.6 is 11.3 Å². The molecule has 1 aromatic heterocycles. The van der Waals surface area contributed by atoms with Crippen molar-refractivity contribution >= 4 is 59.7 Å². The number of rotatable bonds is 15. The molecule has 0 aliphatic carbocycles. The van der Waals surface area contributed by atoms with Gasteiger partial charge < -0.3 is 24.9 Å². The van der Waals surface area contributed by atoms with Gasteiger partial charge in [0, 0.05) is 110 Å². The number of imide groups is 1. The van der Waals surface area contributed by atoms with Gasteiger partial charge in [-0.3, -0.25) is 44.4 Å². The van der Waals surface area contributed by atoms with E-state index in [1.54, 1.807) is 37.1 Å². The van der Waals surface area contributed by atoms with E-state index < -0.39 is 12.3 Å². The second kappa shape index (κ2) is 21.7. The number of halogens is 2. The smallest absolute Gasteiger partial charge is 0.264 e. The first-order chi connectivity index (χ1) is 30.9. The van der Waals surface area contributed by atoms with Crippen LogP contribution in [0.5, 0.6) is 0 Å². The van der Waals surface area contributed by atoms with E-state index in [4.69, 9.17) is 0 Å². The van der Waals surface area contributed by atoms with Crippen LogP contribution < -0.4 is 15.5 Å². The third kappa shape index (κ3) is 10.7. The van der Waals surface area contributed by atoms with Crippen LogP contribution in [-0.4, -0.2) is 121 Å². The maximum Gasteiger partial charge on any atom is 0.264 e. The number of nitrogens with zero attached hydrogens (tertiary/aromatic N) is 5. The number of amidine groups is 1. The highest BCUT2D eigenvalue weighted by atomic mass is 32.1. The Labute approximate surface area is 377 Å². The van der Waals surface area contributed by atoms with Crippen LogP contribution in [0.25, 0.3) is 10.4 Å². The molecule has 2 aromatic carbocycles. The van der Waals surface area contributed by atoms with Gasteiger partial charge in [0.15, 0.2) is 6.29 Å². The van der Waals surface area contributed by atoms with Crippen molar-refractivity contribution in [1.29, 1.82) is 5.41 Å². The Morgan fingerprint density at radius 3 is 2.36 bits per heavy atom. The zero-order valence-corrected chi connectivity index (χ0v) is 37.8. The lowest BCUT2D eigenvalue weighted by Crippen LogP contribution is -2.49. The highest BCUT2D eigenvalue weighted by Crippen LogP contribution is 2.41. The Morgan fingerprint density at radius 1 is 0.969 bits per heavy atom. The van der Waals surface area contributed by atoms with E-state index in [2.05, 4.69) is 10.6 Å². The molecule has 1 atom stereocenters. The number of hydrogen-bond donors (Lipinski definition) is 3. The number of fused-ring (bicyclic) bond motifs is 2. The van der Waals surface area contributed by atoms with Crippen LogP contribution in [0.15, 0.2) is 53.0 Å². The molecule has 1 fully saturated rings. The highest BCUT2D eigenvalue weighted by molar-refractivity contribution is 7.13. The number of hydrogen-bond acceptors (Lipinski definition) is 10. The first-order valence-corrected chi connectivity index (χ1v) is 22.9. The summed E-state index contributed by atoms with van der Waals surface area (Å²) in [6, 6.07) is 10.2. The van der Waals surface area contributed by atoms with Crippen LogP contribution in [-0.2, 0) is 38.7 Å². The molecule has 342 valence electrons. The molecule has 0 radical (unpaired) electrons. The molecule has 1 saturated heterocycles. The number of benzene rings is 2. The van der Waals surface area contributed by atoms with Crippen molar-refractivity contribution in [2.24, 2.45) is 0 Å². The fourth-order valence-corrected chi connectivity index (χ4v) is 9.69. The van der Waals surface area contributed by atoms with Crippen molar-refractivity contribution in [2.45, 2.75) is 97.3 Å². The first-order valence-electron chi connectivity index (χ1n) is 22.0. The maximum atomic E-state index is 14.5. The zero-order chi connectivity index (χ0) is 46.1. The van der Waals surface area contributed by atoms with Gasteiger partial charge in [-0.2, -0.15) is 0 Å². The number of amides is 5. The predicted molar refractivity (Wildman–Crippen MR) is 242 cm³/mol. The Balaban J connectivity index is 0.00000335.